The summed E-state index contributed by atoms with van der Waals surface area (Å²) in [5, 5.41) is 9.00. The van der Waals surface area contributed by atoms with Crippen molar-refractivity contribution in [2.75, 3.05) is 0 Å². The number of para-hydroxylation sites is 1. The molecule has 2 heterocycles. The molecule has 0 fully saturated rings. The molecular formula is C20H18N6. The van der Waals surface area contributed by atoms with Crippen molar-refractivity contribution in [2.45, 2.75) is 13.8 Å². The van der Waals surface area contributed by atoms with Gasteiger partial charge in [-0.25, -0.2) is 14.3 Å². The maximum Gasteiger partial charge on any atom is 0.168 e. The summed E-state index contributed by atoms with van der Waals surface area (Å²) >= 11 is 0. The van der Waals surface area contributed by atoms with Crippen LogP contribution in [0, 0.1) is 13.8 Å². The van der Waals surface area contributed by atoms with Crippen molar-refractivity contribution in [1.82, 2.24) is 24.5 Å². The molecule has 26 heavy (non-hydrogen) atoms. The topological polar surface area (TPSA) is 60.9 Å². The molecule has 0 aliphatic carbocycles. The molecule has 6 heteroatoms. The zero-order valence-electron chi connectivity index (χ0n) is 14.6. The van der Waals surface area contributed by atoms with Crippen molar-refractivity contribution < 1.29 is 0 Å². The van der Waals surface area contributed by atoms with E-state index >= 15 is 0 Å². The fourth-order valence-electron chi connectivity index (χ4n) is 2.74. The lowest BCUT2D eigenvalue weighted by Gasteiger charge is -2.07. The molecule has 2 aromatic heterocycles. The minimum absolute atomic E-state index is 0.807. The summed E-state index contributed by atoms with van der Waals surface area (Å²) in [6.07, 6.45) is 5.02. The van der Waals surface area contributed by atoms with Crippen LogP contribution >= 0.6 is 0 Å². The highest BCUT2D eigenvalue weighted by molar-refractivity contribution is 5.87. The monoisotopic (exact) mass is 342 g/mol. The van der Waals surface area contributed by atoms with Gasteiger partial charge in [0.1, 0.15) is 12.7 Å². The summed E-state index contributed by atoms with van der Waals surface area (Å²) < 4.78 is 3.57. The third kappa shape index (κ3) is 3.04. The van der Waals surface area contributed by atoms with Crippen molar-refractivity contribution in [3.05, 3.63) is 84.1 Å². The third-order valence-electron chi connectivity index (χ3n) is 4.09. The van der Waals surface area contributed by atoms with E-state index in [0.29, 0.717) is 0 Å². The Morgan fingerprint density at radius 2 is 1.73 bits per heavy atom. The second-order valence-corrected chi connectivity index (χ2v) is 6.00. The number of benzene rings is 2. The van der Waals surface area contributed by atoms with E-state index in [4.69, 9.17) is 5.10 Å². The Hall–Kier alpha value is -3.54. The van der Waals surface area contributed by atoms with E-state index in [2.05, 4.69) is 22.0 Å². The fourth-order valence-corrected chi connectivity index (χ4v) is 2.74. The molecule has 6 nitrogen and oxygen atoms in total. The lowest BCUT2D eigenvalue weighted by atomic mass is 10.2. The molecule has 0 radical (unpaired) electrons. The van der Waals surface area contributed by atoms with Gasteiger partial charge < -0.3 is 0 Å². The molecule has 0 spiro atoms. The normalized spacial score (nSPS) is 11.3. The van der Waals surface area contributed by atoms with Gasteiger partial charge in [-0.2, -0.15) is 10.2 Å². The van der Waals surface area contributed by atoms with Gasteiger partial charge in [0.25, 0.3) is 0 Å². The summed E-state index contributed by atoms with van der Waals surface area (Å²) in [5.41, 5.74) is 4.83. The number of aromatic nitrogens is 5. The lowest BCUT2D eigenvalue weighted by molar-refractivity contribution is 0.760. The zero-order chi connectivity index (χ0) is 17.9. The molecule has 0 amide bonds. The second kappa shape index (κ2) is 6.76. The largest absolute Gasteiger partial charge is 0.256 e. The minimum atomic E-state index is 0.807. The molecular weight excluding hydrogens is 324 g/mol. The van der Waals surface area contributed by atoms with Gasteiger partial charge in [-0.05, 0) is 38.1 Å². The van der Waals surface area contributed by atoms with Crippen LogP contribution < -0.4 is 0 Å². The summed E-state index contributed by atoms with van der Waals surface area (Å²) in [5.74, 6) is 0.807. The highest BCUT2D eigenvalue weighted by atomic mass is 15.4. The fraction of sp³-hybridized carbons (Fsp3) is 0.100. The van der Waals surface area contributed by atoms with Gasteiger partial charge in [0.15, 0.2) is 5.82 Å². The van der Waals surface area contributed by atoms with Crippen LogP contribution in [-0.2, 0) is 0 Å². The smallest absolute Gasteiger partial charge is 0.168 e. The van der Waals surface area contributed by atoms with Crippen LogP contribution in [0.2, 0.25) is 0 Å². The molecule has 0 N–H and O–H groups in total. The van der Waals surface area contributed by atoms with Crippen LogP contribution in [0.3, 0.4) is 0 Å². The minimum Gasteiger partial charge on any atom is -0.256 e. The van der Waals surface area contributed by atoms with Gasteiger partial charge >= 0.3 is 0 Å². The molecule has 0 saturated carbocycles. The van der Waals surface area contributed by atoms with E-state index in [9.17, 15) is 0 Å². The average molecular weight is 342 g/mol. The molecule has 0 unspecified atom stereocenters. The Bertz CT molecular complexity index is 1030. The summed E-state index contributed by atoms with van der Waals surface area (Å²) in [7, 11) is 0. The predicted octanol–water partition coefficient (Wildman–Crippen LogP) is 3.82. The van der Waals surface area contributed by atoms with Gasteiger partial charge in [0, 0.05) is 6.21 Å². The lowest BCUT2D eigenvalue weighted by Crippen LogP contribution is -2.07. The summed E-state index contributed by atoms with van der Waals surface area (Å²) in [6.45, 7) is 4.03. The number of hydrogen-bond acceptors (Lipinski definition) is 4. The van der Waals surface area contributed by atoms with Crippen molar-refractivity contribution in [1.29, 1.82) is 0 Å². The van der Waals surface area contributed by atoms with Gasteiger partial charge in [-0.15, -0.1) is 0 Å². The average Bonchev–Trinajstić information content (AvgIpc) is 3.30. The van der Waals surface area contributed by atoms with E-state index in [1.54, 1.807) is 11.0 Å². The van der Waals surface area contributed by atoms with Crippen LogP contribution in [0.4, 0.5) is 5.69 Å². The Morgan fingerprint density at radius 3 is 2.42 bits per heavy atom. The standard InChI is InChI=1S/C20H18N6/c1-15-8-10-17(11-9-15)22-12-19-16(2)24-26(18-6-4-3-5-7-18)20(19)25-14-21-13-23-25/h3-14H,1-2H3. The van der Waals surface area contributed by atoms with Crippen LogP contribution in [0.1, 0.15) is 16.8 Å². The number of nitrogens with zero attached hydrogens (tertiary/aromatic N) is 6. The van der Waals surface area contributed by atoms with E-state index in [1.807, 2.05) is 72.4 Å². The van der Waals surface area contributed by atoms with Crippen LogP contribution in [-0.4, -0.2) is 30.8 Å². The first-order chi connectivity index (χ1) is 12.7. The van der Waals surface area contributed by atoms with Crippen LogP contribution in [0.15, 0.2) is 72.2 Å². The zero-order valence-corrected chi connectivity index (χ0v) is 14.6. The van der Waals surface area contributed by atoms with E-state index < -0.39 is 0 Å². The SMILES string of the molecule is Cc1ccc(N=Cc2c(C)nn(-c3ccccc3)c2-n2cncn2)cc1. The van der Waals surface area contributed by atoms with Gasteiger partial charge in [-0.1, -0.05) is 35.9 Å². The van der Waals surface area contributed by atoms with Crippen molar-refractivity contribution >= 4 is 11.9 Å². The third-order valence-corrected chi connectivity index (χ3v) is 4.09. The summed E-state index contributed by atoms with van der Waals surface area (Å²) in [4.78, 5) is 8.69. The Balaban J connectivity index is 1.84. The molecule has 128 valence electrons. The quantitative estimate of drug-likeness (QED) is 0.530. The number of rotatable bonds is 4. The van der Waals surface area contributed by atoms with Gasteiger partial charge in [0.05, 0.1) is 22.6 Å². The highest BCUT2D eigenvalue weighted by Crippen LogP contribution is 2.21. The maximum absolute atomic E-state index is 4.70. The Kier molecular flexibility index (Phi) is 4.15. The van der Waals surface area contributed by atoms with E-state index in [0.717, 1.165) is 28.5 Å². The van der Waals surface area contributed by atoms with E-state index in [1.165, 1.54) is 11.9 Å². The van der Waals surface area contributed by atoms with Crippen molar-refractivity contribution in [3.63, 3.8) is 0 Å². The summed E-state index contributed by atoms with van der Waals surface area (Å²) in [6, 6.07) is 18.1. The van der Waals surface area contributed by atoms with Gasteiger partial charge in [-0.3, -0.25) is 4.99 Å². The maximum atomic E-state index is 4.70. The Labute approximate surface area is 151 Å². The molecule has 0 atom stereocenters. The van der Waals surface area contributed by atoms with Crippen LogP contribution in [0.5, 0.6) is 0 Å². The molecule has 4 rings (SSSR count). The molecule has 0 aliphatic heterocycles. The first kappa shape index (κ1) is 16.0. The van der Waals surface area contributed by atoms with E-state index in [-0.39, 0.29) is 0 Å². The number of aliphatic imine (C=N–C) groups is 1. The molecule has 0 bridgehead atoms. The van der Waals surface area contributed by atoms with Gasteiger partial charge in [0.2, 0.25) is 0 Å². The second-order valence-electron chi connectivity index (χ2n) is 6.00. The molecule has 2 aromatic carbocycles. The molecule has 4 aromatic rings. The first-order valence-corrected chi connectivity index (χ1v) is 8.33. The van der Waals surface area contributed by atoms with Crippen LogP contribution in [0.25, 0.3) is 11.5 Å². The number of hydrogen-bond donors (Lipinski definition) is 0. The molecule has 0 aliphatic rings. The predicted molar refractivity (Wildman–Crippen MR) is 102 cm³/mol. The number of aryl methyl sites for hydroxylation is 2. The highest BCUT2D eigenvalue weighted by Gasteiger charge is 2.17. The van der Waals surface area contributed by atoms with Crippen molar-refractivity contribution in [2.24, 2.45) is 4.99 Å². The first-order valence-electron chi connectivity index (χ1n) is 8.33. The Morgan fingerprint density at radius 1 is 0.962 bits per heavy atom. The van der Waals surface area contributed by atoms with Crippen molar-refractivity contribution in [3.8, 4) is 11.5 Å². The molecule has 0 saturated heterocycles.